The number of anilines is 1. The van der Waals surface area contributed by atoms with Gasteiger partial charge >= 0.3 is 11.2 Å². The van der Waals surface area contributed by atoms with Crippen molar-refractivity contribution in [1.29, 1.82) is 10.5 Å². The predicted octanol–water partition coefficient (Wildman–Crippen LogP) is -0.468. The Morgan fingerprint density at radius 1 is 1.47 bits per heavy atom. The summed E-state index contributed by atoms with van der Waals surface area (Å²) < 4.78 is 0. The molecule has 0 aromatic carbocycles. The first-order valence-electron chi connectivity index (χ1n) is 4.32. The number of H-pyrrole nitrogens is 1. The number of nitro groups is 1. The molecule has 0 fully saturated rings. The smallest absolute Gasteiger partial charge is 0.324 e. The molecule has 1 aromatic heterocycles. The van der Waals surface area contributed by atoms with Gasteiger partial charge in [-0.3, -0.25) is 14.9 Å². The van der Waals surface area contributed by atoms with E-state index in [2.05, 4.69) is 9.97 Å². The maximum Gasteiger partial charge on any atom is 0.375 e. The molecular formula is C8H6N6O3. The number of nitrogens with zero attached hydrogens (tertiary/aromatic N) is 5. The Morgan fingerprint density at radius 2 is 2.06 bits per heavy atom. The Hall–Kier alpha value is -2.94. The number of hydrogen-bond acceptors (Lipinski definition) is 7. The van der Waals surface area contributed by atoms with E-state index in [1.807, 2.05) is 0 Å². The first-order valence-corrected chi connectivity index (χ1v) is 4.32. The van der Waals surface area contributed by atoms with Crippen molar-refractivity contribution in [2.45, 2.75) is 0 Å². The first-order chi connectivity index (χ1) is 8.11. The molecule has 0 atom stereocenters. The molecule has 0 amide bonds. The third-order valence-corrected chi connectivity index (χ3v) is 1.81. The zero-order valence-corrected chi connectivity index (χ0v) is 8.45. The van der Waals surface area contributed by atoms with Crippen molar-refractivity contribution < 1.29 is 4.92 Å². The van der Waals surface area contributed by atoms with Crippen LogP contribution in [0.3, 0.4) is 0 Å². The Bertz CT molecular complexity index is 550. The molecule has 0 aliphatic heterocycles. The Morgan fingerprint density at radius 3 is 2.53 bits per heavy atom. The molecule has 0 unspecified atom stereocenters. The van der Waals surface area contributed by atoms with Crippen molar-refractivity contribution in [3.05, 3.63) is 26.8 Å². The summed E-state index contributed by atoms with van der Waals surface area (Å²) in [6.07, 6.45) is 0.979. The zero-order valence-electron chi connectivity index (χ0n) is 8.45. The van der Waals surface area contributed by atoms with Gasteiger partial charge in [0.05, 0.1) is 23.4 Å². The number of aromatic nitrogens is 2. The monoisotopic (exact) mass is 234 g/mol. The number of aromatic amines is 1. The summed E-state index contributed by atoms with van der Waals surface area (Å²) in [4.78, 5) is 27.8. The molecule has 9 nitrogen and oxygen atoms in total. The van der Waals surface area contributed by atoms with E-state index in [4.69, 9.17) is 10.5 Å². The molecule has 0 bridgehead atoms. The maximum atomic E-state index is 11.3. The SMILES string of the molecule is N#CCN(CC#N)c1nc[nH]c(=O)c1[N+](=O)[O-]. The fraction of sp³-hybridized carbons (Fsp3) is 0.250. The molecule has 0 aliphatic rings. The Balaban J connectivity index is 3.34. The minimum absolute atomic E-state index is 0.273. The molecule has 1 rings (SSSR count). The summed E-state index contributed by atoms with van der Waals surface area (Å²) in [7, 11) is 0. The van der Waals surface area contributed by atoms with E-state index in [0.29, 0.717) is 0 Å². The van der Waals surface area contributed by atoms with Gasteiger partial charge in [0.1, 0.15) is 13.1 Å². The summed E-state index contributed by atoms with van der Waals surface area (Å²) in [5.41, 5.74) is -1.71. The first kappa shape index (κ1) is 12.1. The molecule has 9 heteroatoms. The van der Waals surface area contributed by atoms with Crippen LogP contribution < -0.4 is 10.5 Å². The van der Waals surface area contributed by atoms with E-state index >= 15 is 0 Å². The average Bonchev–Trinajstić information content (AvgIpc) is 2.28. The lowest BCUT2D eigenvalue weighted by atomic mass is 10.4. The normalized spacial score (nSPS) is 9.06. The predicted molar refractivity (Wildman–Crippen MR) is 55.0 cm³/mol. The van der Waals surface area contributed by atoms with Gasteiger partial charge in [-0.1, -0.05) is 0 Å². The molecule has 1 N–H and O–H groups in total. The van der Waals surface area contributed by atoms with Crippen molar-refractivity contribution in [3.8, 4) is 12.1 Å². The lowest BCUT2D eigenvalue weighted by Gasteiger charge is -2.15. The van der Waals surface area contributed by atoms with Crippen LogP contribution in [0.1, 0.15) is 0 Å². The fourth-order valence-corrected chi connectivity index (χ4v) is 1.16. The average molecular weight is 234 g/mol. The van der Waals surface area contributed by atoms with Crippen LogP contribution in [0.5, 0.6) is 0 Å². The minimum atomic E-state index is -0.930. The summed E-state index contributed by atoms with van der Waals surface area (Å²) in [6, 6.07) is 3.47. The van der Waals surface area contributed by atoms with E-state index in [1.165, 1.54) is 0 Å². The van der Waals surface area contributed by atoms with E-state index in [9.17, 15) is 14.9 Å². The quantitative estimate of drug-likeness (QED) is 0.421. The number of nitrogens with one attached hydrogen (secondary N) is 1. The van der Waals surface area contributed by atoms with Crippen molar-refractivity contribution in [1.82, 2.24) is 9.97 Å². The molecule has 86 valence electrons. The topological polar surface area (TPSA) is 140 Å². The molecule has 0 saturated carbocycles. The maximum absolute atomic E-state index is 11.3. The van der Waals surface area contributed by atoms with Gasteiger partial charge in [-0.15, -0.1) is 0 Å². The Labute approximate surface area is 94.7 Å². The molecule has 17 heavy (non-hydrogen) atoms. The second kappa shape index (κ2) is 5.23. The summed E-state index contributed by atoms with van der Waals surface area (Å²) in [6.45, 7) is -0.546. The van der Waals surface area contributed by atoms with Gasteiger partial charge in [0.2, 0.25) is 5.82 Å². The van der Waals surface area contributed by atoms with Crippen LogP contribution in [-0.4, -0.2) is 28.0 Å². The van der Waals surface area contributed by atoms with Crippen molar-refractivity contribution in [3.63, 3.8) is 0 Å². The van der Waals surface area contributed by atoms with Crippen LogP contribution in [0.25, 0.3) is 0 Å². The zero-order chi connectivity index (χ0) is 12.8. The van der Waals surface area contributed by atoms with Gasteiger partial charge in [-0.2, -0.15) is 10.5 Å². The van der Waals surface area contributed by atoms with Crippen LogP contribution in [0, 0.1) is 32.8 Å². The van der Waals surface area contributed by atoms with Gasteiger partial charge in [0.15, 0.2) is 0 Å². The van der Waals surface area contributed by atoms with E-state index in [-0.39, 0.29) is 18.9 Å². The molecule has 1 heterocycles. The molecule has 1 aromatic rings. The lowest BCUT2D eigenvalue weighted by molar-refractivity contribution is -0.385. The lowest BCUT2D eigenvalue weighted by Crippen LogP contribution is -2.28. The molecule has 0 spiro atoms. The van der Waals surface area contributed by atoms with Crippen LogP contribution in [0.4, 0.5) is 11.5 Å². The van der Waals surface area contributed by atoms with Crippen molar-refractivity contribution in [2.24, 2.45) is 0 Å². The van der Waals surface area contributed by atoms with Gasteiger partial charge in [-0.05, 0) is 0 Å². The summed E-state index contributed by atoms with van der Waals surface area (Å²) in [5, 5.41) is 27.8. The largest absolute Gasteiger partial charge is 0.375 e. The van der Waals surface area contributed by atoms with Crippen LogP contribution in [-0.2, 0) is 0 Å². The second-order valence-corrected chi connectivity index (χ2v) is 2.83. The van der Waals surface area contributed by atoms with Crippen LogP contribution >= 0.6 is 0 Å². The second-order valence-electron chi connectivity index (χ2n) is 2.83. The molecule has 0 saturated heterocycles. The van der Waals surface area contributed by atoms with Gasteiger partial charge in [0, 0.05) is 0 Å². The Kier molecular flexibility index (Phi) is 3.73. The number of hydrogen-bond donors (Lipinski definition) is 1. The van der Waals surface area contributed by atoms with Gasteiger partial charge in [0.25, 0.3) is 0 Å². The van der Waals surface area contributed by atoms with E-state index in [1.54, 1.807) is 12.1 Å². The molecule has 0 aliphatic carbocycles. The van der Waals surface area contributed by atoms with Gasteiger partial charge < -0.3 is 9.88 Å². The highest BCUT2D eigenvalue weighted by atomic mass is 16.6. The molecule has 0 radical (unpaired) electrons. The van der Waals surface area contributed by atoms with Crippen LogP contribution in [0.15, 0.2) is 11.1 Å². The number of rotatable bonds is 4. The summed E-state index contributed by atoms with van der Waals surface area (Å²) in [5.74, 6) is -0.290. The standard InChI is InChI=1S/C8H6N6O3/c9-1-3-13(4-2-10)7-6(14(16)17)8(15)12-5-11-7/h5H,3-4H2,(H,11,12,15). The van der Waals surface area contributed by atoms with E-state index in [0.717, 1.165) is 11.2 Å². The minimum Gasteiger partial charge on any atom is -0.324 e. The third kappa shape index (κ3) is 2.54. The number of nitriles is 2. The third-order valence-electron chi connectivity index (χ3n) is 1.81. The van der Waals surface area contributed by atoms with E-state index < -0.39 is 16.2 Å². The highest BCUT2D eigenvalue weighted by Gasteiger charge is 2.24. The van der Waals surface area contributed by atoms with Crippen molar-refractivity contribution >= 4 is 11.5 Å². The highest BCUT2D eigenvalue weighted by Crippen LogP contribution is 2.19. The summed E-state index contributed by atoms with van der Waals surface area (Å²) >= 11 is 0. The highest BCUT2D eigenvalue weighted by molar-refractivity contribution is 5.57. The van der Waals surface area contributed by atoms with Crippen molar-refractivity contribution in [2.75, 3.05) is 18.0 Å². The van der Waals surface area contributed by atoms with Gasteiger partial charge in [-0.25, -0.2) is 4.98 Å². The van der Waals surface area contributed by atoms with Crippen LogP contribution in [0.2, 0.25) is 0 Å². The molecular weight excluding hydrogens is 228 g/mol. The fourth-order valence-electron chi connectivity index (χ4n) is 1.16.